The summed E-state index contributed by atoms with van der Waals surface area (Å²) in [7, 11) is 0. The van der Waals surface area contributed by atoms with Crippen molar-refractivity contribution in [3.63, 3.8) is 0 Å². The zero-order chi connectivity index (χ0) is 29.9. The normalized spacial score (nSPS) is 20.6. The highest BCUT2D eigenvalue weighted by molar-refractivity contribution is 6.01. The van der Waals surface area contributed by atoms with Crippen LogP contribution in [-0.2, 0) is 28.8 Å². The van der Waals surface area contributed by atoms with Gasteiger partial charge in [-0.3, -0.25) is 19.3 Å². The van der Waals surface area contributed by atoms with Crippen LogP contribution in [0.2, 0.25) is 0 Å². The van der Waals surface area contributed by atoms with Crippen molar-refractivity contribution in [1.82, 2.24) is 4.90 Å². The van der Waals surface area contributed by atoms with Crippen LogP contribution in [0.5, 0.6) is 0 Å². The highest BCUT2D eigenvalue weighted by atomic mass is 19.1. The number of carbonyl (C=O) groups excluding carboxylic acids is 1. The number of esters is 1. The average Bonchev–Trinajstić information content (AvgIpc) is 3.32. The molecular weight excluding hydrogens is 531 g/mol. The summed E-state index contributed by atoms with van der Waals surface area (Å²) >= 11 is 0. The van der Waals surface area contributed by atoms with Crippen molar-refractivity contribution < 1.29 is 53.6 Å². The van der Waals surface area contributed by atoms with Crippen molar-refractivity contribution in [1.29, 1.82) is 0 Å². The fraction of sp³-hybridized carbons (Fsp3) is 0.519. The van der Waals surface area contributed by atoms with Gasteiger partial charge in [-0.25, -0.2) is 9.18 Å². The highest BCUT2D eigenvalue weighted by Gasteiger charge is 2.46. The maximum atomic E-state index is 13.5. The molecule has 13 heteroatoms. The van der Waals surface area contributed by atoms with Crippen molar-refractivity contribution in [2.45, 2.75) is 57.2 Å². The second-order valence-electron chi connectivity index (χ2n) is 9.68. The summed E-state index contributed by atoms with van der Waals surface area (Å²) in [5.74, 6) is -2.87. The van der Waals surface area contributed by atoms with Gasteiger partial charge >= 0.3 is 23.9 Å². The third-order valence-corrected chi connectivity index (χ3v) is 6.47. The predicted octanol–water partition coefficient (Wildman–Crippen LogP) is 1.74. The first-order valence-electron chi connectivity index (χ1n) is 12.5. The number of carboxylic acids is 3. The molecule has 0 aliphatic carbocycles. The van der Waals surface area contributed by atoms with Gasteiger partial charge in [0, 0.05) is 24.9 Å². The number of rotatable bonds is 11. The van der Waals surface area contributed by atoms with Crippen molar-refractivity contribution >= 4 is 29.6 Å². The van der Waals surface area contributed by atoms with Crippen LogP contribution in [0.3, 0.4) is 0 Å². The van der Waals surface area contributed by atoms with Crippen molar-refractivity contribution in [2.24, 2.45) is 10.6 Å². The van der Waals surface area contributed by atoms with Gasteiger partial charge in [-0.15, -0.1) is 6.42 Å². The molecule has 2 heterocycles. The Labute approximate surface area is 230 Å². The van der Waals surface area contributed by atoms with Gasteiger partial charge in [0.2, 0.25) is 0 Å². The lowest BCUT2D eigenvalue weighted by atomic mass is 9.74. The quantitative estimate of drug-likeness (QED) is 0.227. The molecule has 2 unspecified atom stereocenters. The number of carbonyl (C=O) groups is 4. The average molecular weight is 565 g/mol. The number of hydrogen-bond acceptors (Lipinski definition) is 9. The van der Waals surface area contributed by atoms with Crippen LogP contribution >= 0.6 is 0 Å². The van der Waals surface area contributed by atoms with Crippen LogP contribution in [0.25, 0.3) is 0 Å². The monoisotopic (exact) mass is 564 g/mol. The molecule has 0 bridgehead atoms. The number of nitrogens with zero attached hydrogens (tertiary/aromatic N) is 2. The van der Waals surface area contributed by atoms with E-state index in [1.54, 1.807) is 6.07 Å². The molecule has 4 N–H and O–H groups in total. The van der Waals surface area contributed by atoms with Gasteiger partial charge in [-0.05, 0) is 38.4 Å². The Kier molecular flexibility index (Phi) is 11.6. The van der Waals surface area contributed by atoms with E-state index in [2.05, 4.69) is 16.0 Å². The van der Waals surface area contributed by atoms with E-state index in [1.165, 1.54) is 12.1 Å². The first-order valence-corrected chi connectivity index (χ1v) is 12.5. The minimum Gasteiger partial charge on any atom is -0.481 e. The number of ether oxygens (including phenoxy) is 1. The van der Waals surface area contributed by atoms with E-state index >= 15 is 0 Å². The molecule has 0 saturated carbocycles. The molecule has 2 aliphatic rings. The number of hydrogen-bond donors (Lipinski definition) is 4. The molecule has 2 aliphatic heterocycles. The van der Waals surface area contributed by atoms with E-state index in [0.717, 1.165) is 19.4 Å². The maximum absolute atomic E-state index is 13.5. The van der Waals surface area contributed by atoms with Gasteiger partial charge in [-0.2, -0.15) is 0 Å². The van der Waals surface area contributed by atoms with E-state index in [-0.39, 0.29) is 17.9 Å². The molecule has 40 heavy (non-hydrogen) atoms. The summed E-state index contributed by atoms with van der Waals surface area (Å²) in [5.41, 5.74) is -1.98. The van der Waals surface area contributed by atoms with Gasteiger partial charge in [0.1, 0.15) is 11.9 Å². The number of terminal acetylenes is 1. The Bertz CT molecular complexity index is 1150. The number of carboxylic acid groups (broad SMARTS) is 3. The Morgan fingerprint density at radius 2 is 1.93 bits per heavy atom. The van der Waals surface area contributed by atoms with Crippen molar-refractivity contribution in [3.8, 4) is 12.3 Å². The minimum atomic E-state index is -2.74. The lowest BCUT2D eigenvalue weighted by molar-refractivity contribution is -0.170. The number of aliphatic carboxylic acids is 3. The van der Waals surface area contributed by atoms with Crippen molar-refractivity contribution in [3.05, 3.63) is 35.6 Å². The van der Waals surface area contributed by atoms with Gasteiger partial charge in [-0.1, -0.05) is 23.2 Å². The molecular formula is C27H33FN2O10. The van der Waals surface area contributed by atoms with Crippen molar-refractivity contribution in [2.75, 3.05) is 26.2 Å². The fourth-order valence-corrected chi connectivity index (χ4v) is 4.72. The molecule has 0 amide bonds. The van der Waals surface area contributed by atoms with Crippen LogP contribution in [0.15, 0.2) is 29.4 Å². The molecule has 0 aromatic heterocycles. The summed E-state index contributed by atoms with van der Waals surface area (Å²) < 4.78 is 18.9. The largest absolute Gasteiger partial charge is 0.481 e. The Balaban J connectivity index is 0.000000366. The van der Waals surface area contributed by atoms with Crippen LogP contribution in [0, 0.1) is 23.6 Å². The summed E-state index contributed by atoms with van der Waals surface area (Å²) in [6, 6.07) is 6.31. The van der Waals surface area contributed by atoms with E-state index in [0.29, 0.717) is 43.8 Å². The maximum Gasteiger partial charge on any atom is 0.336 e. The molecule has 1 aromatic rings. The van der Waals surface area contributed by atoms with Crippen LogP contribution < -0.4 is 0 Å². The number of piperidine rings is 1. The summed E-state index contributed by atoms with van der Waals surface area (Å²) in [6.07, 6.45) is 5.60. The number of benzene rings is 1. The number of oxime groups is 1. The third-order valence-electron chi connectivity index (χ3n) is 6.47. The molecule has 218 valence electrons. The molecule has 1 saturated heterocycles. The topological polar surface area (TPSA) is 183 Å². The minimum absolute atomic E-state index is 0.200. The number of likely N-dealkylation sites (tertiary alicyclic amines) is 1. The Hall–Kier alpha value is -4.02. The van der Waals surface area contributed by atoms with Crippen LogP contribution in [-0.4, -0.2) is 92.9 Å². The Morgan fingerprint density at radius 1 is 1.25 bits per heavy atom. The fourth-order valence-electron chi connectivity index (χ4n) is 4.72. The van der Waals surface area contributed by atoms with Crippen LogP contribution in [0.4, 0.5) is 4.39 Å². The van der Waals surface area contributed by atoms with E-state index < -0.39 is 41.8 Å². The standard InChI is InChI=1S/C21H25FN2O3.C6H8O7/c1-3-10-24-11-6-9-21(15-24,20(25)26-4-2)14-18-13-19(23-27-18)16-7-5-8-17(22)12-16;7-3(8)1-6(13,5(11)12)2-4(9)10/h1,5,7-8,12,18H,4,6,9-11,13-15H2,2H3;13H,1-2H2,(H,7,8)(H,9,10)(H,11,12). The molecule has 1 aromatic carbocycles. The zero-order valence-electron chi connectivity index (χ0n) is 22.0. The van der Waals surface area contributed by atoms with Gasteiger partial charge in [0.15, 0.2) is 5.60 Å². The second kappa shape index (κ2) is 14.4. The summed E-state index contributed by atoms with van der Waals surface area (Å²) in [6.45, 7) is 4.10. The first kappa shape index (κ1) is 32.2. The van der Waals surface area contributed by atoms with Gasteiger partial charge in [0.05, 0.1) is 37.1 Å². The molecule has 3 rings (SSSR count). The molecule has 12 nitrogen and oxygen atoms in total. The summed E-state index contributed by atoms with van der Waals surface area (Å²) in [5, 5.41) is 37.9. The molecule has 0 spiro atoms. The molecule has 2 atom stereocenters. The lowest BCUT2D eigenvalue weighted by Gasteiger charge is -2.41. The number of aliphatic hydroxyl groups is 1. The molecule has 1 fully saturated rings. The van der Waals surface area contributed by atoms with E-state index in [1.807, 2.05) is 13.0 Å². The predicted molar refractivity (Wildman–Crippen MR) is 138 cm³/mol. The third kappa shape index (κ3) is 9.03. The smallest absolute Gasteiger partial charge is 0.336 e. The zero-order valence-corrected chi connectivity index (χ0v) is 22.0. The van der Waals surface area contributed by atoms with E-state index in [9.17, 15) is 23.6 Å². The van der Waals surface area contributed by atoms with Gasteiger partial charge < -0.3 is 30.0 Å². The SMILES string of the molecule is C#CCN1CCCC(CC2CC(c3cccc(F)c3)=NO2)(C(=O)OCC)C1.O=C(O)CC(O)(CC(=O)O)C(=O)O. The van der Waals surface area contributed by atoms with Gasteiger partial charge in [0.25, 0.3) is 0 Å². The Morgan fingerprint density at radius 3 is 2.48 bits per heavy atom. The first-order chi connectivity index (χ1) is 18.8. The molecule has 0 radical (unpaired) electrons. The lowest BCUT2D eigenvalue weighted by Crippen LogP contribution is -2.50. The summed E-state index contributed by atoms with van der Waals surface area (Å²) in [4.78, 5) is 51.0. The number of halogens is 1. The van der Waals surface area contributed by atoms with Crippen LogP contribution in [0.1, 0.15) is 51.0 Å². The van der Waals surface area contributed by atoms with E-state index in [4.69, 9.17) is 36.4 Å². The highest BCUT2D eigenvalue weighted by Crippen LogP contribution is 2.39. The second-order valence-corrected chi connectivity index (χ2v) is 9.68.